The summed E-state index contributed by atoms with van der Waals surface area (Å²) >= 11 is 0. The second-order valence-electron chi connectivity index (χ2n) is 7.12. The highest BCUT2D eigenvalue weighted by molar-refractivity contribution is 6.13. The molecular weight excluding hydrogens is 381 g/mol. The Bertz CT molecular complexity index is 1240. The fourth-order valence-electron chi connectivity index (χ4n) is 3.62. The molecule has 0 aliphatic carbocycles. The Kier molecular flexibility index (Phi) is 4.48. The molecule has 4 aromatic rings. The van der Waals surface area contributed by atoms with Crippen molar-refractivity contribution in [1.82, 2.24) is 15.0 Å². The summed E-state index contributed by atoms with van der Waals surface area (Å²) in [6.45, 7) is 0.675. The number of carbonyl (C=O) groups excluding carboxylic acids is 1. The number of amides is 1. The topological polar surface area (TPSA) is 63.1 Å². The van der Waals surface area contributed by atoms with Gasteiger partial charge in [0.15, 0.2) is 0 Å². The van der Waals surface area contributed by atoms with Crippen molar-refractivity contribution in [1.29, 1.82) is 0 Å². The summed E-state index contributed by atoms with van der Waals surface area (Å²) in [6.07, 6.45) is 1.78. The number of nitrogens with zero attached hydrogens (tertiary/aromatic N) is 4. The minimum atomic E-state index is -0.286. The van der Waals surface area contributed by atoms with E-state index in [9.17, 15) is 9.18 Å². The largest absolute Gasteiger partial charge is 0.353 e. The number of carbonyl (C=O) groups is 1. The van der Waals surface area contributed by atoms with E-state index in [4.69, 9.17) is 0 Å². The number of anilines is 3. The quantitative estimate of drug-likeness (QED) is 0.554. The molecule has 1 aliphatic heterocycles. The maximum absolute atomic E-state index is 13.4. The first kappa shape index (κ1) is 18.1. The second-order valence-corrected chi connectivity index (χ2v) is 7.12. The standard InChI is InChI=1S/C23H18FN5O/c24-17-7-5-6-16(12-17)13-28-14-18(26-27-28)15-29-22-11-4-3-10-21(22)25-20-9-2-1-8-19(20)23(29)30/h1-12,14,25H,13,15H2. The molecule has 1 N–H and O–H groups in total. The summed E-state index contributed by atoms with van der Waals surface area (Å²) in [6, 6.07) is 21.5. The normalized spacial score (nSPS) is 12.7. The lowest BCUT2D eigenvalue weighted by molar-refractivity contribution is 0.0986. The van der Waals surface area contributed by atoms with Crippen LogP contribution in [0.4, 0.5) is 21.5 Å². The van der Waals surface area contributed by atoms with Crippen LogP contribution in [0.3, 0.4) is 0 Å². The van der Waals surface area contributed by atoms with Gasteiger partial charge in [0.05, 0.1) is 41.9 Å². The predicted molar refractivity (Wildman–Crippen MR) is 112 cm³/mol. The molecule has 5 rings (SSSR count). The molecule has 2 heterocycles. The number of aromatic nitrogens is 3. The van der Waals surface area contributed by atoms with Gasteiger partial charge in [-0.2, -0.15) is 0 Å². The van der Waals surface area contributed by atoms with Crippen LogP contribution < -0.4 is 10.2 Å². The summed E-state index contributed by atoms with van der Waals surface area (Å²) < 4.78 is 15.1. The van der Waals surface area contributed by atoms with Crippen molar-refractivity contribution in [2.75, 3.05) is 10.2 Å². The Morgan fingerprint density at radius 3 is 2.57 bits per heavy atom. The zero-order chi connectivity index (χ0) is 20.5. The van der Waals surface area contributed by atoms with Crippen LogP contribution in [0.1, 0.15) is 21.6 Å². The van der Waals surface area contributed by atoms with Crippen LogP contribution in [0.5, 0.6) is 0 Å². The smallest absolute Gasteiger partial charge is 0.260 e. The number of hydrogen-bond donors (Lipinski definition) is 1. The van der Waals surface area contributed by atoms with Crippen LogP contribution in [0.25, 0.3) is 0 Å². The minimum absolute atomic E-state index is 0.109. The number of hydrogen-bond acceptors (Lipinski definition) is 4. The third-order valence-electron chi connectivity index (χ3n) is 5.01. The lowest BCUT2D eigenvalue weighted by Crippen LogP contribution is -2.30. The monoisotopic (exact) mass is 399 g/mol. The van der Waals surface area contributed by atoms with Gasteiger partial charge in [-0.05, 0) is 42.0 Å². The maximum atomic E-state index is 13.4. The number of halogens is 1. The van der Waals surface area contributed by atoms with E-state index in [1.54, 1.807) is 21.8 Å². The Balaban J connectivity index is 1.45. The van der Waals surface area contributed by atoms with E-state index in [-0.39, 0.29) is 18.3 Å². The molecule has 148 valence electrons. The first-order valence-corrected chi connectivity index (χ1v) is 9.58. The first-order valence-electron chi connectivity index (χ1n) is 9.58. The Morgan fingerprint density at radius 1 is 0.900 bits per heavy atom. The predicted octanol–water partition coefficient (Wildman–Crippen LogP) is 4.37. The number of para-hydroxylation sites is 3. The summed E-state index contributed by atoms with van der Waals surface area (Å²) in [4.78, 5) is 15.0. The molecule has 0 fully saturated rings. The van der Waals surface area contributed by atoms with Gasteiger partial charge in [0.2, 0.25) is 0 Å². The summed E-state index contributed by atoms with van der Waals surface area (Å²) in [5, 5.41) is 11.7. The first-order chi connectivity index (χ1) is 14.7. The van der Waals surface area contributed by atoms with Gasteiger partial charge in [-0.25, -0.2) is 9.07 Å². The summed E-state index contributed by atoms with van der Waals surface area (Å²) in [5.74, 6) is -0.395. The molecule has 7 heteroatoms. The molecule has 0 atom stereocenters. The third kappa shape index (κ3) is 3.41. The summed E-state index contributed by atoms with van der Waals surface area (Å²) in [5.41, 5.74) is 4.43. The number of fused-ring (bicyclic) bond motifs is 2. The van der Waals surface area contributed by atoms with E-state index in [0.717, 1.165) is 22.6 Å². The molecule has 0 spiro atoms. The minimum Gasteiger partial charge on any atom is -0.353 e. The second kappa shape index (κ2) is 7.44. The van der Waals surface area contributed by atoms with Gasteiger partial charge in [-0.15, -0.1) is 5.10 Å². The van der Waals surface area contributed by atoms with E-state index in [1.807, 2.05) is 54.6 Å². The highest BCUT2D eigenvalue weighted by atomic mass is 19.1. The highest BCUT2D eigenvalue weighted by Crippen LogP contribution is 2.36. The van der Waals surface area contributed by atoms with Crippen molar-refractivity contribution in [2.45, 2.75) is 13.1 Å². The molecule has 6 nitrogen and oxygen atoms in total. The Hall–Kier alpha value is -4.00. The number of nitrogens with one attached hydrogen (secondary N) is 1. The van der Waals surface area contributed by atoms with E-state index in [1.165, 1.54) is 12.1 Å². The van der Waals surface area contributed by atoms with Crippen LogP contribution in [-0.2, 0) is 13.1 Å². The van der Waals surface area contributed by atoms with E-state index in [2.05, 4.69) is 15.6 Å². The summed E-state index contributed by atoms with van der Waals surface area (Å²) in [7, 11) is 0. The van der Waals surface area contributed by atoms with Crippen molar-refractivity contribution >= 4 is 23.0 Å². The van der Waals surface area contributed by atoms with Gasteiger partial charge < -0.3 is 10.2 Å². The van der Waals surface area contributed by atoms with E-state index >= 15 is 0 Å². The molecule has 0 radical (unpaired) electrons. The fourth-order valence-corrected chi connectivity index (χ4v) is 3.62. The van der Waals surface area contributed by atoms with Crippen molar-refractivity contribution < 1.29 is 9.18 Å². The molecule has 1 amide bonds. The van der Waals surface area contributed by atoms with Gasteiger partial charge in [-0.1, -0.05) is 41.6 Å². The van der Waals surface area contributed by atoms with Crippen molar-refractivity contribution in [3.05, 3.63) is 102 Å². The number of benzene rings is 3. The molecular formula is C23H18FN5O. The lowest BCUT2D eigenvalue weighted by Gasteiger charge is -2.21. The van der Waals surface area contributed by atoms with Crippen molar-refractivity contribution in [3.8, 4) is 0 Å². The fraction of sp³-hybridized carbons (Fsp3) is 0.0870. The molecule has 30 heavy (non-hydrogen) atoms. The molecule has 0 bridgehead atoms. The molecule has 3 aromatic carbocycles. The van der Waals surface area contributed by atoms with Gasteiger partial charge in [-0.3, -0.25) is 4.79 Å². The zero-order valence-electron chi connectivity index (χ0n) is 16.0. The van der Waals surface area contributed by atoms with Gasteiger partial charge in [0, 0.05) is 0 Å². The van der Waals surface area contributed by atoms with E-state index in [0.29, 0.717) is 17.8 Å². The molecule has 0 saturated heterocycles. The van der Waals surface area contributed by atoms with Gasteiger partial charge in [0.25, 0.3) is 5.91 Å². The molecule has 0 saturated carbocycles. The Labute approximate surface area is 172 Å². The van der Waals surface area contributed by atoms with Gasteiger partial charge >= 0.3 is 0 Å². The van der Waals surface area contributed by atoms with Crippen molar-refractivity contribution in [2.24, 2.45) is 0 Å². The van der Waals surface area contributed by atoms with Crippen LogP contribution in [0.15, 0.2) is 79.0 Å². The highest BCUT2D eigenvalue weighted by Gasteiger charge is 2.27. The molecule has 1 aromatic heterocycles. The SMILES string of the molecule is O=C1c2ccccc2Nc2ccccc2N1Cc1cn(Cc2cccc(F)c2)nn1. The molecule has 1 aliphatic rings. The lowest BCUT2D eigenvalue weighted by atomic mass is 10.1. The van der Waals surface area contributed by atoms with Crippen molar-refractivity contribution in [3.63, 3.8) is 0 Å². The average Bonchev–Trinajstić information content (AvgIpc) is 3.15. The number of rotatable bonds is 4. The van der Waals surface area contributed by atoms with Gasteiger partial charge in [0.1, 0.15) is 11.5 Å². The average molecular weight is 399 g/mol. The van der Waals surface area contributed by atoms with Crippen LogP contribution in [0.2, 0.25) is 0 Å². The van der Waals surface area contributed by atoms with Crippen LogP contribution in [-0.4, -0.2) is 20.9 Å². The third-order valence-corrected chi connectivity index (χ3v) is 5.01. The van der Waals surface area contributed by atoms with Crippen LogP contribution in [0, 0.1) is 5.82 Å². The van der Waals surface area contributed by atoms with Crippen LogP contribution >= 0.6 is 0 Å². The molecule has 0 unspecified atom stereocenters. The Morgan fingerprint density at radius 2 is 1.70 bits per heavy atom. The maximum Gasteiger partial charge on any atom is 0.260 e. The zero-order valence-corrected chi connectivity index (χ0v) is 16.0. The van der Waals surface area contributed by atoms with E-state index < -0.39 is 0 Å².